The van der Waals surface area contributed by atoms with Gasteiger partial charge in [0.15, 0.2) is 0 Å². The number of fused-ring (bicyclic) bond motifs is 8. The van der Waals surface area contributed by atoms with Crippen LogP contribution in [-0.4, -0.2) is 3.21 Å². The third-order valence-electron chi connectivity index (χ3n) is 18.9. The van der Waals surface area contributed by atoms with Crippen LogP contribution in [0, 0.1) is 62.1 Å². The molecule has 0 spiro atoms. The Kier molecular flexibility index (Phi) is 10.5. The Morgan fingerprint density at radius 3 is 1.81 bits per heavy atom. The summed E-state index contributed by atoms with van der Waals surface area (Å²) in [6.07, 6.45) is 40.4. The van der Waals surface area contributed by atoms with Gasteiger partial charge in [-0.3, -0.25) is 0 Å². The Morgan fingerprint density at radius 1 is 0.685 bits per heavy atom. The third kappa shape index (κ3) is 4.74. The molecule has 54 heavy (non-hydrogen) atoms. The van der Waals surface area contributed by atoms with E-state index in [-0.39, 0.29) is 62.7 Å². The molecule has 0 N–H and O–H groups in total. The minimum atomic E-state index is -2.84. The molecule has 3 fully saturated rings. The van der Waals surface area contributed by atoms with Crippen LogP contribution in [0.4, 0.5) is 0 Å². The smallest absolute Gasteiger partial charge is 1.00 e. The Bertz CT molecular complexity index is 1990. The van der Waals surface area contributed by atoms with Crippen LogP contribution in [0.5, 0.6) is 0 Å². The molecule has 288 valence electrons. The first-order valence-electron chi connectivity index (χ1n) is 20.7. The summed E-state index contributed by atoms with van der Waals surface area (Å²) >= 11 is -2.84. The van der Waals surface area contributed by atoms with E-state index in [0.29, 0.717) is 20.9 Å². The summed E-state index contributed by atoms with van der Waals surface area (Å²) in [5.74, 6) is 0.959. The van der Waals surface area contributed by atoms with Crippen molar-refractivity contribution >= 4 is 3.21 Å². The van der Waals surface area contributed by atoms with Gasteiger partial charge in [0.1, 0.15) is 0 Å². The van der Waals surface area contributed by atoms with Crippen molar-refractivity contribution in [1.29, 1.82) is 0 Å². The molecule has 0 bridgehead atoms. The summed E-state index contributed by atoms with van der Waals surface area (Å²) in [5.41, 5.74) is 6.00. The van der Waals surface area contributed by atoms with E-state index in [2.05, 4.69) is 186 Å². The predicted molar refractivity (Wildman–Crippen MR) is 221 cm³/mol. The monoisotopic (exact) mass is 838 g/mol. The molecular weight excluding hydrogens is 775 g/mol. The van der Waals surface area contributed by atoms with Gasteiger partial charge in [-0.2, -0.15) is 0 Å². The number of hydrogen-bond donors (Lipinski definition) is 0. The topological polar surface area (TPSA) is 0 Å². The zero-order valence-electron chi connectivity index (χ0n) is 35.3. The maximum absolute atomic E-state index is 2.85. The molecule has 0 aromatic heterocycles. The van der Waals surface area contributed by atoms with Gasteiger partial charge in [-0.25, -0.2) is 0 Å². The molecule has 10 atom stereocenters. The summed E-state index contributed by atoms with van der Waals surface area (Å²) in [4.78, 5) is 0. The van der Waals surface area contributed by atoms with E-state index in [1.807, 2.05) is 3.28 Å². The van der Waals surface area contributed by atoms with Crippen molar-refractivity contribution in [3.8, 4) is 0 Å². The summed E-state index contributed by atoms with van der Waals surface area (Å²) < 4.78 is 4.17. The van der Waals surface area contributed by atoms with Gasteiger partial charge >= 0.3 is 327 Å². The average Bonchev–Trinajstić information content (AvgIpc) is 3.58. The third-order valence-corrected chi connectivity index (χ3v) is 28.4. The number of allylic oxidation sites excluding steroid dienone is 16. The Labute approximate surface area is 349 Å². The number of halogens is 2. The van der Waals surface area contributed by atoms with Crippen LogP contribution in [0.3, 0.4) is 0 Å². The van der Waals surface area contributed by atoms with Gasteiger partial charge in [0.05, 0.1) is 0 Å². The minimum absolute atomic E-state index is 0. The fourth-order valence-electron chi connectivity index (χ4n) is 14.8. The number of benzene rings is 1. The maximum Gasteiger partial charge on any atom is -1.00 e. The standard InChI is InChI=1S/C29H37.C13H19.C9H10.2ClH.Zr/c1-21-14-13-15-22-20-27(6)25(4)18-10-9-16-23(25,2)24(3)17-11-12-19-26(24,5)29(27,8)28(21,22)7;1-11-6-7-12(10-11)13(2)8-4-3-5-9-13;1-3-9-6-4-8(2)5-7-9;;;/h9-20,22H,1-8H3;7,10-11H,3-5,8-9H2,1-2H3;4-7H,1-2H3;2*1H;/q;;;;;+2/p-2. The second kappa shape index (κ2) is 13.5. The summed E-state index contributed by atoms with van der Waals surface area (Å²) in [7, 11) is 0. The molecule has 8 rings (SSSR count). The van der Waals surface area contributed by atoms with Gasteiger partial charge < -0.3 is 24.8 Å². The van der Waals surface area contributed by atoms with E-state index < -0.39 is 21.3 Å². The average molecular weight is 841 g/mol. The summed E-state index contributed by atoms with van der Waals surface area (Å²) in [5, 5.41) is 0. The molecule has 0 nitrogen and oxygen atoms in total. The Hall–Kier alpha value is -1.53. The molecule has 3 saturated carbocycles. The minimum Gasteiger partial charge on any atom is -1.00 e. The second-order valence-electron chi connectivity index (χ2n) is 20.0. The molecule has 10 unspecified atom stereocenters. The van der Waals surface area contributed by atoms with E-state index in [0.717, 1.165) is 0 Å². The van der Waals surface area contributed by atoms with Gasteiger partial charge in [-0.15, -0.1) is 0 Å². The van der Waals surface area contributed by atoms with Crippen LogP contribution in [0.1, 0.15) is 119 Å². The van der Waals surface area contributed by atoms with Crippen LogP contribution in [0.25, 0.3) is 0 Å². The Morgan fingerprint density at radius 2 is 1.22 bits per heavy atom. The summed E-state index contributed by atoms with van der Waals surface area (Å²) in [6, 6.07) is 9.69. The van der Waals surface area contributed by atoms with E-state index in [1.54, 1.807) is 14.4 Å². The van der Waals surface area contributed by atoms with Crippen molar-refractivity contribution in [1.82, 2.24) is 0 Å². The van der Waals surface area contributed by atoms with Crippen molar-refractivity contribution in [3.05, 3.63) is 129 Å². The van der Waals surface area contributed by atoms with Crippen LogP contribution in [0.2, 0.25) is 3.63 Å². The van der Waals surface area contributed by atoms with E-state index in [4.69, 9.17) is 0 Å². The molecular formula is C51H66Cl2Zr. The maximum atomic E-state index is 2.85. The van der Waals surface area contributed by atoms with E-state index in [9.17, 15) is 0 Å². The molecule has 1 aromatic carbocycles. The van der Waals surface area contributed by atoms with Crippen molar-refractivity contribution in [2.45, 2.75) is 119 Å². The molecule has 3 heteroatoms. The fraction of sp³-hybridized carbons (Fsp3) is 0.549. The fourth-order valence-corrected chi connectivity index (χ4v) is 26.1. The molecule has 0 saturated heterocycles. The van der Waals surface area contributed by atoms with Crippen LogP contribution in [0.15, 0.2) is 118 Å². The molecule has 0 aliphatic heterocycles. The largest absolute Gasteiger partial charge is 1.00 e. The molecule has 0 radical (unpaired) electrons. The van der Waals surface area contributed by atoms with Crippen LogP contribution >= 0.6 is 0 Å². The first-order chi connectivity index (χ1) is 24.4. The SMILES string of the molecule is CC1=CC=CC2[CH](/[Zr+2]([C]3=CC(C4(C)CCCCC4)=CC3C)=[C](/C)c3ccc(C)cc3)C3(C)C4(C)C=CC=CC4(C)C4(C)C=CC=CC4(C)C3(C)C12C.[Cl-].[Cl-]. The van der Waals surface area contributed by atoms with Crippen molar-refractivity contribution in [2.24, 2.45) is 55.2 Å². The quantitative estimate of drug-likeness (QED) is 0.290. The molecule has 1 aromatic rings. The normalized spacial score (nSPS) is 43.7. The molecule has 0 amide bonds. The van der Waals surface area contributed by atoms with Gasteiger partial charge in [-0.1, -0.05) is 0 Å². The Balaban J connectivity index is 0.00000249. The van der Waals surface area contributed by atoms with Gasteiger partial charge in [0.25, 0.3) is 0 Å². The molecule has 7 aliphatic carbocycles. The predicted octanol–water partition coefficient (Wildman–Crippen LogP) is 7.84. The van der Waals surface area contributed by atoms with Crippen molar-refractivity contribution in [3.63, 3.8) is 0 Å². The zero-order chi connectivity index (χ0) is 37.3. The van der Waals surface area contributed by atoms with Gasteiger partial charge in [0.2, 0.25) is 0 Å². The molecule has 7 aliphatic rings. The van der Waals surface area contributed by atoms with E-state index in [1.165, 1.54) is 43.2 Å². The van der Waals surface area contributed by atoms with E-state index >= 15 is 0 Å². The number of rotatable bonds is 4. The van der Waals surface area contributed by atoms with Crippen molar-refractivity contribution < 1.29 is 46.1 Å². The second-order valence-corrected chi connectivity index (χ2v) is 26.9. The number of hydrogen-bond acceptors (Lipinski definition) is 0. The summed E-state index contributed by atoms with van der Waals surface area (Å²) in [6.45, 7) is 31.6. The first-order valence-corrected chi connectivity index (χ1v) is 24.6. The van der Waals surface area contributed by atoms with Crippen molar-refractivity contribution in [2.75, 3.05) is 0 Å². The zero-order valence-corrected chi connectivity index (χ0v) is 39.3. The van der Waals surface area contributed by atoms with Gasteiger partial charge in [0, 0.05) is 0 Å². The number of aryl methyl sites for hydroxylation is 1. The molecule has 0 heterocycles. The van der Waals surface area contributed by atoms with Gasteiger partial charge in [-0.05, 0) is 0 Å². The van der Waals surface area contributed by atoms with Crippen LogP contribution in [-0.2, 0) is 21.3 Å². The first kappa shape index (κ1) is 42.1. The van der Waals surface area contributed by atoms with Crippen LogP contribution < -0.4 is 24.8 Å².